The van der Waals surface area contributed by atoms with Gasteiger partial charge >= 0.3 is 5.69 Å². The smallest absolute Gasteiger partial charge is 0.340 e. The Balaban J connectivity index is 1.82. The monoisotopic (exact) mass is 311 g/mol. The van der Waals surface area contributed by atoms with Crippen LogP contribution in [0.15, 0.2) is 35.1 Å². The van der Waals surface area contributed by atoms with Gasteiger partial charge in [-0.2, -0.15) is 5.10 Å². The van der Waals surface area contributed by atoms with Crippen molar-refractivity contribution in [3.8, 4) is 17.4 Å². The highest BCUT2D eigenvalue weighted by Gasteiger charge is 2.26. The van der Waals surface area contributed by atoms with Crippen LogP contribution < -0.4 is 15.7 Å². The number of pyridine rings is 1. The molecule has 0 spiro atoms. The highest BCUT2D eigenvalue weighted by atomic mass is 16.5. The van der Waals surface area contributed by atoms with Gasteiger partial charge in [0.2, 0.25) is 5.88 Å². The molecule has 0 bridgehead atoms. The molecule has 7 heteroatoms. The summed E-state index contributed by atoms with van der Waals surface area (Å²) in [4.78, 5) is 18.5. The molecular formula is C16H17N5O2. The minimum Gasteiger partial charge on any atom is -0.472 e. The normalized spacial score (nSPS) is 20.9. The lowest BCUT2D eigenvalue weighted by atomic mass is 10.1. The molecule has 3 aromatic rings. The maximum absolute atomic E-state index is 11.3. The molecule has 7 nitrogen and oxygen atoms in total. The lowest BCUT2D eigenvalue weighted by molar-refractivity contribution is 0.178. The molecule has 1 aliphatic heterocycles. The largest absolute Gasteiger partial charge is 0.472 e. The molecule has 1 saturated heterocycles. The van der Waals surface area contributed by atoms with Gasteiger partial charge in [-0.1, -0.05) is 25.1 Å². The van der Waals surface area contributed by atoms with Crippen LogP contribution in [0.1, 0.15) is 6.92 Å². The van der Waals surface area contributed by atoms with Gasteiger partial charge in [-0.15, -0.1) is 0 Å². The Labute approximate surface area is 132 Å². The number of nitrogens with one attached hydrogen (secondary N) is 3. The van der Waals surface area contributed by atoms with Gasteiger partial charge in [0.25, 0.3) is 0 Å². The van der Waals surface area contributed by atoms with Crippen LogP contribution in [-0.4, -0.2) is 39.4 Å². The van der Waals surface area contributed by atoms with E-state index < -0.39 is 0 Å². The van der Waals surface area contributed by atoms with Gasteiger partial charge in [-0.3, -0.25) is 4.98 Å². The molecule has 2 aromatic heterocycles. The van der Waals surface area contributed by atoms with Gasteiger partial charge < -0.3 is 10.1 Å². The van der Waals surface area contributed by atoms with Crippen LogP contribution >= 0.6 is 0 Å². The number of benzene rings is 1. The molecule has 0 amide bonds. The van der Waals surface area contributed by atoms with Gasteiger partial charge in [0.05, 0.1) is 0 Å². The summed E-state index contributed by atoms with van der Waals surface area (Å²) in [7, 11) is 0. The number of fused-ring (bicyclic) bond motifs is 1. The number of hydrogen-bond donors (Lipinski definition) is 3. The Morgan fingerprint density at radius 2 is 2.13 bits per heavy atom. The van der Waals surface area contributed by atoms with Crippen molar-refractivity contribution in [1.82, 2.24) is 25.5 Å². The quantitative estimate of drug-likeness (QED) is 0.677. The van der Waals surface area contributed by atoms with E-state index in [4.69, 9.17) is 4.74 Å². The van der Waals surface area contributed by atoms with Crippen LogP contribution in [0.5, 0.6) is 5.88 Å². The second-order valence-corrected chi connectivity index (χ2v) is 5.85. The zero-order chi connectivity index (χ0) is 15.8. The molecule has 23 heavy (non-hydrogen) atoms. The molecule has 0 saturated carbocycles. The highest BCUT2D eigenvalue weighted by Crippen LogP contribution is 2.29. The first-order valence-electron chi connectivity index (χ1n) is 7.63. The van der Waals surface area contributed by atoms with Crippen molar-refractivity contribution in [2.45, 2.75) is 13.0 Å². The Kier molecular flexibility index (Phi) is 3.34. The van der Waals surface area contributed by atoms with E-state index in [2.05, 4.69) is 32.4 Å². The summed E-state index contributed by atoms with van der Waals surface area (Å²) in [5.41, 5.74) is 0.224. The zero-order valence-electron chi connectivity index (χ0n) is 12.7. The van der Waals surface area contributed by atoms with E-state index >= 15 is 0 Å². The molecule has 2 unspecified atom stereocenters. The number of ether oxygens (including phenoxy) is 1. The lowest BCUT2D eigenvalue weighted by Crippen LogP contribution is -2.24. The maximum atomic E-state index is 11.3. The fraction of sp³-hybridized carbons (Fsp3) is 0.312. The highest BCUT2D eigenvalue weighted by molar-refractivity contribution is 5.89. The average molecular weight is 311 g/mol. The number of nitrogens with zero attached hydrogens (tertiary/aromatic N) is 2. The van der Waals surface area contributed by atoms with E-state index in [0.29, 0.717) is 23.3 Å². The number of rotatable bonds is 3. The van der Waals surface area contributed by atoms with Crippen LogP contribution in [0.4, 0.5) is 0 Å². The van der Waals surface area contributed by atoms with Crippen LogP contribution in [0, 0.1) is 5.92 Å². The standard InChI is InChI=1S/C16H17N5O2/c1-9-7-17-8-13(9)23-15-11-5-3-2-4-10(11)6-12(18-15)14-19-16(22)21-20-14/h2-6,9,13,17H,7-8H2,1H3,(H2,19,20,21,22). The van der Waals surface area contributed by atoms with Crippen LogP contribution in [0.25, 0.3) is 22.3 Å². The third-order valence-corrected chi connectivity index (χ3v) is 4.16. The topological polar surface area (TPSA) is 95.7 Å². The number of aromatic nitrogens is 4. The molecule has 3 N–H and O–H groups in total. The summed E-state index contributed by atoms with van der Waals surface area (Å²) in [6.45, 7) is 3.90. The first-order valence-corrected chi connectivity index (χ1v) is 7.63. The summed E-state index contributed by atoms with van der Waals surface area (Å²) in [6, 6.07) is 9.80. The van der Waals surface area contributed by atoms with E-state index in [1.165, 1.54) is 0 Å². The van der Waals surface area contributed by atoms with Crippen molar-refractivity contribution in [2.24, 2.45) is 5.92 Å². The van der Waals surface area contributed by atoms with Crippen molar-refractivity contribution in [3.63, 3.8) is 0 Å². The molecule has 118 valence electrons. The summed E-state index contributed by atoms with van der Waals surface area (Å²) in [5, 5.41) is 11.6. The SMILES string of the molecule is CC1CNCC1Oc1nc(-c2n[nH]c(=O)[nH]2)cc2ccccc12. The molecule has 2 atom stereocenters. The fourth-order valence-corrected chi connectivity index (χ4v) is 2.86. The van der Waals surface area contributed by atoms with Gasteiger partial charge in [-0.05, 0) is 17.5 Å². The predicted molar refractivity (Wildman–Crippen MR) is 86.4 cm³/mol. The molecule has 0 aliphatic carbocycles. The van der Waals surface area contributed by atoms with E-state index in [1.807, 2.05) is 30.3 Å². The van der Waals surface area contributed by atoms with Gasteiger partial charge in [0.15, 0.2) is 5.82 Å². The van der Waals surface area contributed by atoms with Crippen LogP contribution in [0.3, 0.4) is 0 Å². The molecule has 1 aromatic carbocycles. The van der Waals surface area contributed by atoms with Crippen molar-refractivity contribution in [1.29, 1.82) is 0 Å². The zero-order valence-corrected chi connectivity index (χ0v) is 12.7. The Hall–Kier alpha value is -2.67. The third kappa shape index (κ3) is 2.59. The van der Waals surface area contributed by atoms with E-state index in [-0.39, 0.29) is 11.8 Å². The lowest BCUT2D eigenvalue weighted by Gasteiger charge is -2.18. The summed E-state index contributed by atoms with van der Waals surface area (Å²) < 4.78 is 6.17. The minimum absolute atomic E-state index is 0.0828. The van der Waals surface area contributed by atoms with Crippen molar-refractivity contribution in [3.05, 3.63) is 40.8 Å². The molecule has 1 aliphatic rings. The van der Waals surface area contributed by atoms with Crippen LogP contribution in [0.2, 0.25) is 0 Å². The molecule has 3 heterocycles. The van der Waals surface area contributed by atoms with E-state index in [1.54, 1.807) is 0 Å². The van der Waals surface area contributed by atoms with Gasteiger partial charge in [0.1, 0.15) is 11.8 Å². The summed E-state index contributed by atoms with van der Waals surface area (Å²) in [5.74, 6) is 1.40. The number of aromatic amines is 2. The summed E-state index contributed by atoms with van der Waals surface area (Å²) in [6.07, 6.45) is 0.0828. The Morgan fingerprint density at radius 3 is 2.87 bits per heavy atom. The van der Waals surface area contributed by atoms with Crippen LogP contribution in [-0.2, 0) is 0 Å². The second kappa shape index (κ2) is 5.51. The number of H-pyrrole nitrogens is 2. The average Bonchev–Trinajstić information content (AvgIpc) is 3.16. The second-order valence-electron chi connectivity index (χ2n) is 5.85. The van der Waals surface area contributed by atoms with E-state index in [9.17, 15) is 4.79 Å². The Morgan fingerprint density at radius 1 is 1.26 bits per heavy atom. The summed E-state index contributed by atoms with van der Waals surface area (Å²) >= 11 is 0. The van der Waals surface area contributed by atoms with Crippen molar-refractivity contribution < 1.29 is 4.74 Å². The first kappa shape index (κ1) is 14.0. The van der Waals surface area contributed by atoms with Crippen molar-refractivity contribution in [2.75, 3.05) is 13.1 Å². The van der Waals surface area contributed by atoms with Gasteiger partial charge in [-0.25, -0.2) is 14.9 Å². The number of hydrogen-bond acceptors (Lipinski definition) is 5. The Bertz CT molecular complexity index is 901. The van der Waals surface area contributed by atoms with Gasteiger partial charge in [0, 0.05) is 24.4 Å². The fourth-order valence-electron chi connectivity index (χ4n) is 2.86. The van der Waals surface area contributed by atoms with E-state index in [0.717, 1.165) is 23.9 Å². The minimum atomic E-state index is -0.356. The molecule has 1 fully saturated rings. The molecule has 4 rings (SSSR count). The van der Waals surface area contributed by atoms with Crippen molar-refractivity contribution >= 4 is 10.8 Å². The maximum Gasteiger partial charge on any atom is 0.340 e. The third-order valence-electron chi connectivity index (χ3n) is 4.16. The molecular weight excluding hydrogens is 294 g/mol. The predicted octanol–water partition coefficient (Wildman–Crippen LogP) is 1.30. The first-order chi connectivity index (χ1) is 11.2. The molecule has 0 radical (unpaired) electrons.